The zero-order valence-electron chi connectivity index (χ0n) is 31.4. The van der Waals surface area contributed by atoms with Gasteiger partial charge < -0.3 is 24.5 Å². The number of aryl methyl sites for hydroxylation is 1. The lowest BCUT2D eigenvalue weighted by Crippen LogP contribution is -2.56. The summed E-state index contributed by atoms with van der Waals surface area (Å²) in [5.41, 5.74) is 9.31. The van der Waals surface area contributed by atoms with Crippen LogP contribution in [0.25, 0.3) is 33.5 Å². The van der Waals surface area contributed by atoms with Gasteiger partial charge in [0.2, 0.25) is 17.7 Å². The van der Waals surface area contributed by atoms with Gasteiger partial charge in [0, 0.05) is 86.6 Å². The molecule has 3 fully saturated rings. The second-order valence-electron chi connectivity index (χ2n) is 15.8. The Morgan fingerprint density at radius 2 is 1.80 bits per heavy atom. The third-order valence-electron chi connectivity index (χ3n) is 11.9. The number of carboxylic acid groups (broad SMARTS) is 1. The quantitative estimate of drug-likeness (QED) is 0.157. The standard InChI is InChI=1S/C42H43Cl2N7O5/c1-49-17-26(20-51-22-42(23-51)15-35(52)46-21-42)37-38(49)47-33(16-45-37)31-10-4-9-30(36(31)44)27-7-3-8-29-28(27)11-12-34(29)56-40-32(43)14-25(39(48-40)55-2)19-50-13-5-6-24(18-50)41(53)54/h3-4,7-10,14,16-17,24,34H,5-6,11-13,15,18-23H2,1-2H3,(H,46,52)(H,53,54)/t24-,34+/m1/s1. The maximum atomic E-state index is 11.8. The Bertz CT molecular complexity index is 2380. The number of carbonyl (C=O) groups is 2. The Morgan fingerprint density at radius 1 is 1.02 bits per heavy atom. The Labute approximate surface area is 334 Å². The number of halogens is 2. The van der Waals surface area contributed by atoms with Crippen molar-refractivity contribution in [2.24, 2.45) is 18.4 Å². The molecule has 290 valence electrons. The monoisotopic (exact) mass is 795 g/mol. The van der Waals surface area contributed by atoms with Crippen molar-refractivity contribution in [2.75, 3.05) is 39.8 Å². The molecule has 2 N–H and O–H groups in total. The lowest BCUT2D eigenvalue weighted by atomic mass is 9.79. The van der Waals surface area contributed by atoms with Crippen molar-refractivity contribution in [2.45, 2.75) is 51.3 Å². The number of fused-ring (bicyclic) bond motifs is 2. The number of amides is 1. The lowest BCUT2D eigenvalue weighted by molar-refractivity contribution is -0.143. The van der Waals surface area contributed by atoms with Crippen LogP contribution in [0.4, 0.5) is 0 Å². The van der Waals surface area contributed by atoms with Gasteiger partial charge in [-0.1, -0.05) is 59.6 Å². The van der Waals surface area contributed by atoms with Crippen molar-refractivity contribution < 1.29 is 24.2 Å². The number of methoxy groups -OCH3 is 1. The number of nitrogens with zero attached hydrogens (tertiary/aromatic N) is 6. The first-order chi connectivity index (χ1) is 27.1. The van der Waals surface area contributed by atoms with E-state index >= 15 is 0 Å². The van der Waals surface area contributed by atoms with Crippen LogP contribution in [0.1, 0.15) is 54.0 Å². The molecule has 0 unspecified atom stereocenters. The average molecular weight is 797 g/mol. The van der Waals surface area contributed by atoms with Gasteiger partial charge in [-0.3, -0.25) is 24.4 Å². The fraction of sp³-hybridized carbons (Fsp3) is 0.405. The molecule has 3 aromatic heterocycles. The van der Waals surface area contributed by atoms with Crippen molar-refractivity contribution in [1.82, 2.24) is 34.6 Å². The number of pyridine rings is 1. The largest absolute Gasteiger partial charge is 0.481 e. The van der Waals surface area contributed by atoms with Gasteiger partial charge in [-0.15, -0.1) is 0 Å². The van der Waals surface area contributed by atoms with Crippen molar-refractivity contribution in [1.29, 1.82) is 0 Å². The van der Waals surface area contributed by atoms with Crippen LogP contribution in [0.2, 0.25) is 10.0 Å². The van der Waals surface area contributed by atoms with E-state index in [1.165, 1.54) is 0 Å². The highest BCUT2D eigenvalue weighted by molar-refractivity contribution is 6.36. The van der Waals surface area contributed by atoms with Crippen LogP contribution in [0.15, 0.2) is 54.9 Å². The number of nitrogens with one attached hydrogen (secondary N) is 1. The van der Waals surface area contributed by atoms with Gasteiger partial charge in [0.05, 0.1) is 29.9 Å². The number of likely N-dealkylation sites (tertiary alicyclic amines) is 2. The van der Waals surface area contributed by atoms with Gasteiger partial charge in [-0.05, 0) is 55.0 Å². The zero-order chi connectivity index (χ0) is 38.7. The van der Waals surface area contributed by atoms with E-state index in [1.807, 2.05) is 48.1 Å². The fourth-order valence-corrected chi connectivity index (χ4v) is 9.80. The molecule has 2 aromatic carbocycles. The summed E-state index contributed by atoms with van der Waals surface area (Å²) >= 11 is 14.0. The number of rotatable bonds is 10. The van der Waals surface area contributed by atoms with Crippen molar-refractivity contribution >= 4 is 46.2 Å². The lowest BCUT2D eigenvalue weighted by Gasteiger charge is -2.47. The third kappa shape index (κ3) is 6.76. The number of aromatic nitrogens is 4. The normalized spacial score (nSPS) is 20.6. The van der Waals surface area contributed by atoms with Crippen molar-refractivity contribution in [3.8, 4) is 34.1 Å². The second kappa shape index (κ2) is 14.6. The predicted octanol–water partition coefficient (Wildman–Crippen LogP) is 6.70. The smallest absolute Gasteiger partial charge is 0.307 e. The van der Waals surface area contributed by atoms with Crippen LogP contribution < -0.4 is 14.8 Å². The van der Waals surface area contributed by atoms with E-state index in [4.69, 9.17) is 42.6 Å². The molecule has 3 saturated heterocycles. The molecule has 1 spiro atoms. The van der Waals surface area contributed by atoms with E-state index in [9.17, 15) is 14.7 Å². The number of carboxylic acids is 1. The topological polar surface area (TPSA) is 135 Å². The Morgan fingerprint density at radius 3 is 2.59 bits per heavy atom. The van der Waals surface area contributed by atoms with Gasteiger partial charge in [0.15, 0.2) is 5.65 Å². The molecule has 14 heteroatoms. The molecular formula is C42H43Cl2N7O5. The van der Waals surface area contributed by atoms with Crippen molar-refractivity contribution in [3.05, 3.63) is 87.2 Å². The van der Waals surface area contributed by atoms with E-state index in [2.05, 4.69) is 38.4 Å². The minimum Gasteiger partial charge on any atom is -0.481 e. The molecule has 3 aliphatic heterocycles. The second-order valence-corrected chi connectivity index (χ2v) is 16.6. The predicted molar refractivity (Wildman–Crippen MR) is 213 cm³/mol. The third-order valence-corrected chi connectivity index (χ3v) is 12.6. The minimum absolute atomic E-state index is 0.0753. The molecule has 1 aliphatic carbocycles. The Kier molecular flexibility index (Phi) is 9.64. The fourth-order valence-electron chi connectivity index (χ4n) is 9.26. The number of benzene rings is 2. The first-order valence-corrected chi connectivity index (χ1v) is 19.9. The molecule has 0 bridgehead atoms. The highest BCUT2D eigenvalue weighted by Crippen LogP contribution is 2.45. The molecule has 2 atom stereocenters. The van der Waals surface area contributed by atoms with E-state index in [1.54, 1.807) is 7.11 Å². The molecule has 4 aliphatic rings. The molecular weight excluding hydrogens is 753 g/mol. The highest BCUT2D eigenvalue weighted by Gasteiger charge is 2.48. The number of carbonyl (C=O) groups excluding carboxylic acids is 1. The van der Waals surface area contributed by atoms with Crippen LogP contribution in [-0.2, 0) is 36.1 Å². The van der Waals surface area contributed by atoms with Gasteiger partial charge in [-0.2, -0.15) is 4.98 Å². The SMILES string of the molecule is COc1nc(O[C@H]2CCc3c(-c4cccc(-c5cnc6c(CN7CC8(CNC(=O)C8)C7)cn(C)c6n5)c4Cl)cccc32)c(Cl)cc1CN1CCC[C@@H](C(=O)O)C1. The van der Waals surface area contributed by atoms with E-state index < -0.39 is 5.97 Å². The number of ether oxygens (including phenoxy) is 2. The summed E-state index contributed by atoms with van der Waals surface area (Å²) in [5.74, 6) is -0.287. The van der Waals surface area contributed by atoms with E-state index in [0.29, 0.717) is 53.4 Å². The minimum atomic E-state index is -0.764. The molecule has 6 heterocycles. The summed E-state index contributed by atoms with van der Waals surface area (Å²) < 4.78 is 14.2. The first-order valence-electron chi connectivity index (χ1n) is 19.1. The van der Waals surface area contributed by atoms with Gasteiger partial charge in [0.1, 0.15) is 16.6 Å². The van der Waals surface area contributed by atoms with Crippen LogP contribution in [0.3, 0.4) is 0 Å². The average Bonchev–Trinajstić information content (AvgIpc) is 3.87. The molecule has 5 aromatic rings. The molecule has 0 saturated carbocycles. The van der Waals surface area contributed by atoms with Gasteiger partial charge in [-0.25, -0.2) is 4.98 Å². The molecule has 0 radical (unpaired) electrons. The maximum absolute atomic E-state index is 11.8. The van der Waals surface area contributed by atoms with Crippen LogP contribution in [0, 0.1) is 11.3 Å². The van der Waals surface area contributed by atoms with Gasteiger partial charge >= 0.3 is 5.97 Å². The summed E-state index contributed by atoms with van der Waals surface area (Å²) in [6, 6.07) is 14.1. The van der Waals surface area contributed by atoms with E-state index in [-0.39, 0.29) is 23.3 Å². The summed E-state index contributed by atoms with van der Waals surface area (Å²) in [4.78, 5) is 42.6. The zero-order valence-corrected chi connectivity index (χ0v) is 32.9. The highest BCUT2D eigenvalue weighted by atomic mass is 35.5. The number of hydrogen-bond donors (Lipinski definition) is 2. The Balaban J connectivity index is 0.936. The van der Waals surface area contributed by atoms with E-state index in [0.717, 1.165) is 102 Å². The Hall–Kier alpha value is -4.75. The number of aliphatic carboxylic acids is 1. The summed E-state index contributed by atoms with van der Waals surface area (Å²) in [5, 5.41) is 13.5. The van der Waals surface area contributed by atoms with Crippen molar-refractivity contribution in [3.63, 3.8) is 0 Å². The molecule has 12 nitrogen and oxygen atoms in total. The number of piperidine rings is 1. The van der Waals surface area contributed by atoms with Crippen LogP contribution >= 0.6 is 23.2 Å². The first kappa shape index (κ1) is 36.9. The molecule has 9 rings (SSSR count). The summed E-state index contributed by atoms with van der Waals surface area (Å²) in [7, 11) is 3.56. The summed E-state index contributed by atoms with van der Waals surface area (Å²) in [6.07, 6.45) is 7.27. The number of hydrogen-bond acceptors (Lipinski definition) is 9. The van der Waals surface area contributed by atoms with Crippen LogP contribution in [0.5, 0.6) is 11.8 Å². The molecule has 1 amide bonds. The molecule has 56 heavy (non-hydrogen) atoms. The van der Waals surface area contributed by atoms with Gasteiger partial charge in [0.25, 0.3) is 0 Å². The summed E-state index contributed by atoms with van der Waals surface area (Å²) in [6.45, 7) is 5.09. The maximum Gasteiger partial charge on any atom is 0.307 e. The van der Waals surface area contributed by atoms with Crippen LogP contribution in [-0.4, -0.2) is 86.1 Å².